The lowest BCUT2D eigenvalue weighted by molar-refractivity contribution is -0.178. The monoisotopic (exact) mass is 494 g/mol. The normalized spacial score (nSPS) is 21.5. The summed E-state index contributed by atoms with van der Waals surface area (Å²) in [6, 6.07) is 14.3. The van der Waals surface area contributed by atoms with Gasteiger partial charge in [0.1, 0.15) is 0 Å². The quantitative estimate of drug-likeness (QED) is 0.386. The van der Waals surface area contributed by atoms with E-state index >= 15 is 0 Å². The van der Waals surface area contributed by atoms with Crippen LogP contribution in [0, 0.1) is 0 Å². The van der Waals surface area contributed by atoms with Crippen LogP contribution in [0.4, 0.5) is 0 Å². The molecular formula is C32H47O2P. The largest absolute Gasteiger partial charge is 0.347 e. The van der Waals surface area contributed by atoms with Crippen molar-refractivity contribution in [1.82, 2.24) is 0 Å². The SMILES string of the molecule is CC(C)c1cc(C(C)C)c(-c2ccccc2P2C(C)(C)CC3(CC2(C)C)OCCO3)c(C(C)C)c1. The van der Waals surface area contributed by atoms with E-state index in [-0.39, 0.29) is 10.3 Å². The molecule has 2 heterocycles. The van der Waals surface area contributed by atoms with E-state index in [0.717, 1.165) is 26.1 Å². The lowest BCUT2D eigenvalue weighted by atomic mass is 9.82. The fraction of sp³-hybridized carbons (Fsp3) is 0.625. The van der Waals surface area contributed by atoms with E-state index in [1.54, 1.807) is 5.30 Å². The molecule has 2 fully saturated rings. The van der Waals surface area contributed by atoms with Crippen molar-refractivity contribution in [2.45, 2.75) is 116 Å². The molecule has 4 rings (SSSR count). The van der Waals surface area contributed by atoms with Crippen LogP contribution in [0.2, 0.25) is 0 Å². The molecule has 1 spiro atoms. The van der Waals surface area contributed by atoms with Gasteiger partial charge in [-0.05, 0) is 61.2 Å². The zero-order valence-electron chi connectivity index (χ0n) is 23.8. The fourth-order valence-corrected chi connectivity index (χ4v) is 11.3. The minimum Gasteiger partial charge on any atom is -0.347 e. The highest BCUT2D eigenvalue weighted by atomic mass is 31.1. The second-order valence-electron chi connectivity index (χ2n) is 13.0. The molecule has 2 aliphatic heterocycles. The van der Waals surface area contributed by atoms with Gasteiger partial charge in [-0.1, -0.05) is 114 Å². The molecule has 2 aromatic rings. The number of hydrogen-bond acceptors (Lipinski definition) is 2. The zero-order chi connectivity index (χ0) is 25.8. The summed E-state index contributed by atoms with van der Waals surface area (Å²) in [4.78, 5) is 0. The molecule has 0 radical (unpaired) electrons. The van der Waals surface area contributed by atoms with Crippen LogP contribution < -0.4 is 5.30 Å². The predicted molar refractivity (Wildman–Crippen MR) is 153 cm³/mol. The molecule has 0 amide bonds. The molecule has 2 aromatic carbocycles. The fourth-order valence-electron chi connectivity index (χ4n) is 6.86. The van der Waals surface area contributed by atoms with Gasteiger partial charge < -0.3 is 9.47 Å². The predicted octanol–water partition coefficient (Wildman–Crippen LogP) is 8.93. The van der Waals surface area contributed by atoms with E-state index in [0.29, 0.717) is 17.8 Å². The van der Waals surface area contributed by atoms with Crippen LogP contribution in [0.3, 0.4) is 0 Å². The summed E-state index contributed by atoms with van der Waals surface area (Å²) in [5.41, 5.74) is 7.38. The Kier molecular flexibility index (Phi) is 7.35. The average molecular weight is 495 g/mol. The second-order valence-corrected chi connectivity index (χ2v) is 16.6. The smallest absolute Gasteiger partial charge is 0.170 e. The maximum Gasteiger partial charge on any atom is 0.170 e. The number of hydrogen-bond donors (Lipinski definition) is 0. The van der Waals surface area contributed by atoms with Crippen molar-refractivity contribution in [1.29, 1.82) is 0 Å². The summed E-state index contributed by atoms with van der Waals surface area (Å²) in [6.45, 7) is 25.3. The third-order valence-corrected chi connectivity index (χ3v) is 11.6. The van der Waals surface area contributed by atoms with Gasteiger partial charge in [-0.25, -0.2) is 0 Å². The third kappa shape index (κ3) is 5.01. The zero-order valence-corrected chi connectivity index (χ0v) is 24.7. The summed E-state index contributed by atoms with van der Waals surface area (Å²) in [5.74, 6) is 1.06. The first-order chi connectivity index (χ1) is 16.3. The third-order valence-electron chi connectivity index (χ3n) is 7.97. The van der Waals surface area contributed by atoms with Gasteiger partial charge in [0.2, 0.25) is 0 Å². The van der Waals surface area contributed by atoms with Crippen molar-refractivity contribution in [2.75, 3.05) is 13.2 Å². The first-order valence-corrected chi connectivity index (χ1v) is 15.0. The van der Waals surface area contributed by atoms with E-state index in [4.69, 9.17) is 9.47 Å². The molecule has 0 atom stereocenters. The van der Waals surface area contributed by atoms with Crippen LogP contribution >= 0.6 is 7.92 Å². The van der Waals surface area contributed by atoms with E-state index in [9.17, 15) is 0 Å². The van der Waals surface area contributed by atoms with Crippen molar-refractivity contribution >= 4 is 13.2 Å². The average Bonchev–Trinajstić information content (AvgIpc) is 3.17. The van der Waals surface area contributed by atoms with Crippen LogP contribution in [-0.4, -0.2) is 29.3 Å². The summed E-state index contributed by atoms with van der Waals surface area (Å²) in [6.07, 6.45) is 1.92. The lowest BCUT2D eigenvalue weighted by Gasteiger charge is -2.55. The highest BCUT2D eigenvalue weighted by Gasteiger charge is 2.57. The van der Waals surface area contributed by atoms with Crippen LogP contribution in [0.5, 0.6) is 0 Å². The minimum atomic E-state index is -0.483. The molecule has 2 aliphatic rings. The van der Waals surface area contributed by atoms with Gasteiger partial charge in [0.15, 0.2) is 5.79 Å². The van der Waals surface area contributed by atoms with Gasteiger partial charge >= 0.3 is 0 Å². The molecule has 3 heteroatoms. The minimum absolute atomic E-state index is 0.103. The van der Waals surface area contributed by atoms with E-state index in [1.165, 1.54) is 27.8 Å². The van der Waals surface area contributed by atoms with Gasteiger partial charge in [-0.15, -0.1) is 0 Å². The topological polar surface area (TPSA) is 18.5 Å². The van der Waals surface area contributed by atoms with Crippen LogP contribution in [0.15, 0.2) is 36.4 Å². The molecule has 2 nitrogen and oxygen atoms in total. The van der Waals surface area contributed by atoms with E-state index in [2.05, 4.69) is 106 Å². The van der Waals surface area contributed by atoms with Gasteiger partial charge in [0, 0.05) is 12.8 Å². The maximum atomic E-state index is 6.28. The first kappa shape index (κ1) is 26.8. The summed E-state index contributed by atoms with van der Waals surface area (Å²) < 4.78 is 12.6. The van der Waals surface area contributed by atoms with E-state index < -0.39 is 13.7 Å². The maximum absolute atomic E-state index is 6.28. The Hall–Kier alpha value is -1.21. The molecule has 0 bridgehead atoms. The van der Waals surface area contributed by atoms with Crippen molar-refractivity contribution < 1.29 is 9.47 Å². The summed E-state index contributed by atoms with van der Waals surface area (Å²) >= 11 is 0. The highest BCUT2D eigenvalue weighted by Crippen LogP contribution is 2.68. The lowest BCUT2D eigenvalue weighted by Crippen LogP contribution is -2.52. The van der Waals surface area contributed by atoms with Crippen LogP contribution in [-0.2, 0) is 9.47 Å². The molecule has 192 valence electrons. The van der Waals surface area contributed by atoms with Crippen LogP contribution in [0.1, 0.15) is 117 Å². The molecule has 0 aliphatic carbocycles. The summed E-state index contributed by atoms with van der Waals surface area (Å²) in [7, 11) is -0.483. The molecule has 0 saturated carbocycles. The molecule has 0 unspecified atom stereocenters. The van der Waals surface area contributed by atoms with Gasteiger partial charge in [-0.2, -0.15) is 0 Å². The number of rotatable bonds is 5. The van der Waals surface area contributed by atoms with Crippen molar-refractivity contribution in [2.24, 2.45) is 0 Å². The number of benzene rings is 2. The van der Waals surface area contributed by atoms with Crippen molar-refractivity contribution in [3.05, 3.63) is 53.1 Å². The highest BCUT2D eigenvalue weighted by molar-refractivity contribution is 7.69. The van der Waals surface area contributed by atoms with E-state index in [1.807, 2.05) is 0 Å². The molecular weight excluding hydrogens is 447 g/mol. The molecule has 2 saturated heterocycles. The summed E-state index contributed by atoms with van der Waals surface area (Å²) in [5, 5.41) is 1.75. The van der Waals surface area contributed by atoms with Gasteiger partial charge in [-0.3, -0.25) is 0 Å². The second kappa shape index (κ2) is 9.59. The first-order valence-electron chi connectivity index (χ1n) is 13.6. The van der Waals surface area contributed by atoms with Gasteiger partial charge in [0.05, 0.1) is 13.2 Å². The Balaban J connectivity index is 1.94. The number of ether oxygens (including phenoxy) is 2. The van der Waals surface area contributed by atoms with Crippen LogP contribution in [0.25, 0.3) is 11.1 Å². The van der Waals surface area contributed by atoms with Crippen molar-refractivity contribution in [3.8, 4) is 11.1 Å². The van der Waals surface area contributed by atoms with Gasteiger partial charge in [0.25, 0.3) is 0 Å². The molecule has 0 aromatic heterocycles. The Morgan fingerprint density at radius 1 is 0.714 bits per heavy atom. The molecule has 0 N–H and O–H groups in total. The Morgan fingerprint density at radius 2 is 1.20 bits per heavy atom. The Bertz CT molecular complexity index is 1010. The Labute approximate surface area is 216 Å². The Morgan fingerprint density at radius 3 is 1.66 bits per heavy atom. The van der Waals surface area contributed by atoms with Crippen molar-refractivity contribution in [3.63, 3.8) is 0 Å². The molecule has 35 heavy (non-hydrogen) atoms. The standard InChI is InChI=1S/C32H47O2P/c1-21(2)24-17-26(22(3)4)29(27(18-24)23(5)6)25-13-11-12-14-28(25)35-30(7,8)19-32(20-31(35,9)10)33-15-16-34-32/h11-14,17-18,21-23H,15-16,19-20H2,1-10H3.